The molecule has 1 unspecified atom stereocenters. The maximum Gasteiger partial charge on any atom is 0.276 e. The summed E-state index contributed by atoms with van der Waals surface area (Å²) in [5, 5.41) is 12.9. The van der Waals surface area contributed by atoms with Crippen molar-refractivity contribution in [2.75, 3.05) is 6.54 Å². The average molecular weight is 555 g/mol. The molecule has 1 aromatic heterocycles. The van der Waals surface area contributed by atoms with E-state index in [0.717, 1.165) is 9.87 Å². The Balaban J connectivity index is 1.45. The van der Waals surface area contributed by atoms with Crippen molar-refractivity contribution >= 4 is 27.5 Å². The molecule has 1 aliphatic heterocycles. The van der Waals surface area contributed by atoms with Crippen LogP contribution in [0.3, 0.4) is 0 Å². The van der Waals surface area contributed by atoms with Crippen molar-refractivity contribution in [3.05, 3.63) is 111 Å². The summed E-state index contributed by atoms with van der Waals surface area (Å²) >= 11 is 5.95. The summed E-state index contributed by atoms with van der Waals surface area (Å²) in [5.74, 6) is -0.577. The van der Waals surface area contributed by atoms with Crippen LogP contribution in [0.5, 0.6) is 5.75 Å². The van der Waals surface area contributed by atoms with E-state index in [1.807, 2.05) is 30.3 Å². The fourth-order valence-electron chi connectivity index (χ4n) is 4.40. The second-order valence-corrected chi connectivity index (χ2v) is 10.9. The average Bonchev–Trinajstić information content (AvgIpc) is 3.28. The minimum absolute atomic E-state index is 0.0656. The third-order valence-electron chi connectivity index (χ3n) is 6.27. The molecule has 2 heterocycles. The number of carbonyl (C=O) groups is 1. The summed E-state index contributed by atoms with van der Waals surface area (Å²) < 4.78 is 35.1. The molecule has 4 aromatic rings. The van der Waals surface area contributed by atoms with Crippen LogP contribution in [0, 0.1) is 0 Å². The lowest BCUT2D eigenvalue weighted by atomic mass is 10.0. The Morgan fingerprint density at radius 2 is 1.74 bits per heavy atom. The number of hydrogen-bond donors (Lipinski definition) is 3. The molecule has 0 fully saturated rings. The Bertz CT molecular complexity index is 1620. The molecule has 0 radical (unpaired) electrons. The number of hydrogen-bond acceptors (Lipinski definition) is 6. The second kappa shape index (κ2) is 10.5. The summed E-state index contributed by atoms with van der Waals surface area (Å²) in [6.07, 6.45) is 0.151. The molecule has 38 heavy (non-hydrogen) atoms. The Hall–Kier alpha value is -3.90. The van der Waals surface area contributed by atoms with Crippen molar-refractivity contribution in [3.8, 4) is 11.4 Å². The molecule has 1 atom stereocenters. The summed E-state index contributed by atoms with van der Waals surface area (Å²) in [6, 6.07) is 20.2. The van der Waals surface area contributed by atoms with Gasteiger partial charge in [-0.1, -0.05) is 41.9 Å². The van der Waals surface area contributed by atoms with Gasteiger partial charge >= 0.3 is 0 Å². The Labute approximate surface area is 223 Å². The number of halogens is 1. The normalized spacial score (nSPS) is 15.6. The monoisotopic (exact) mass is 554 g/mol. The fraction of sp³-hybridized carbons (Fsp3) is 0.154. The number of aromatic nitrogens is 2. The minimum Gasteiger partial charge on any atom is -0.489 e. The first-order valence-electron chi connectivity index (χ1n) is 11.6. The summed E-state index contributed by atoms with van der Waals surface area (Å²) in [5.41, 5.74) is 2.65. The zero-order chi connectivity index (χ0) is 26.9. The Kier molecular flexibility index (Phi) is 7.09. The number of benzene rings is 3. The number of amides is 1. The van der Waals surface area contributed by atoms with Crippen LogP contribution in [-0.2, 0) is 27.8 Å². The molecule has 1 aliphatic rings. The standard InChI is InChI=1S/C26H23ClN4O6S/c27-18-6-8-19(9-7-18)31-26(33)23-22(28-31)14-15-30(24(23)25(32)29-34)38(35,36)21-12-10-20(11-13-21)37-16-17-4-2-1-3-5-17/h1-13,24,28,34H,14-16H2,(H,29,32). The molecule has 10 nitrogen and oxygen atoms in total. The number of H-pyrrole nitrogens is 1. The number of hydroxylamine groups is 1. The molecule has 0 spiro atoms. The molecular weight excluding hydrogens is 532 g/mol. The Morgan fingerprint density at radius 1 is 1.05 bits per heavy atom. The first-order chi connectivity index (χ1) is 18.3. The van der Waals surface area contributed by atoms with E-state index in [1.54, 1.807) is 24.3 Å². The van der Waals surface area contributed by atoms with Crippen molar-refractivity contribution < 1.29 is 23.2 Å². The summed E-state index contributed by atoms with van der Waals surface area (Å²) in [4.78, 5) is 26.1. The first kappa shape index (κ1) is 25.7. The van der Waals surface area contributed by atoms with Gasteiger partial charge in [0, 0.05) is 23.7 Å². The van der Waals surface area contributed by atoms with Gasteiger partial charge in [0.15, 0.2) is 0 Å². The van der Waals surface area contributed by atoms with Crippen molar-refractivity contribution in [3.63, 3.8) is 0 Å². The molecule has 196 valence electrons. The van der Waals surface area contributed by atoms with Crippen LogP contribution in [0.15, 0.2) is 88.6 Å². The highest BCUT2D eigenvalue weighted by Gasteiger charge is 2.43. The minimum atomic E-state index is -4.24. The summed E-state index contributed by atoms with van der Waals surface area (Å²) in [6.45, 7) is 0.216. The lowest BCUT2D eigenvalue weighted by Crippen LogP contribution is -2.48. The van der Waals surface area contributed by atoms with Gasteiger partial charge in [-0.15, -0.1) is 0 Å². The number of aromatic amines is 1. The molecule has 12 heteroatoms. The number of sulfonamides is 1. The highest BCUT2D eigenvalue weighted by atomic mass is 35.5. The van der Waals surface area contributed by atoms with Crippen molar-refractivity contribution in [1.29, 1.82) is 0 Å². The number of ether oxygens (including phenoxy) is 1. The van der Waals surface area contributed by atoms with E-state index in [0.29, 0.717) is 28.8 Å². The third kappa shape index (κ3) is 4.84. The second-order valence-electron chi connectivity index (χ2n) is 8.61. The number of rotatable bonds is 7. The maximum absolute atomic E-state index is 13.6. The van der Waals surface area contributed by atoms with Crippen molar-refractivity contribution in [2.24, 2.45) is 0 Å². The van der Waals surface area contributed by atoms with E-state index in [4.69, 9.17) is 16.3 Å². The van der Waals surface area contributed by atoms with E-state index < -0.39 is 27.5 Å². The topological polar surface area (TPSA) is 134 Å². The van der Waals surface area contributed by atoms with E-state index in [9.17, 15) is 23.2 Å². The van der Waals surface area contributed by atoms with Gasteiger partial charge in [-0.2, -0.15) is 4.31 Å². The van der Waals surface area contributed by atoms with E-state index in [1.165, 1.54) is 34.4 Å². The van der Waals surface area contributed by atoms with Gasteiger partial charge in [0.2, 0.25) is 10.0 Å². The molecule has 0 saturated carbocycles. The third-order valence-corrected chi connectivity index (χ3v) is 8.40. The molecule has 3 N–H and O–H groups in total. The van der Waals surface area contributed by atoms with Gasteiger partial charge < -0.3 is 4.74 Å². The number of carbonyl (C=O) groups excluding carboxylic acids is 1. The van der Waals surface area contributed by atoms with Gasteiger partial charge in [-0.25, -0.2) is 18.6 Å². The van der Waals surface area contributed by atoms with Gasteiger partial charge in [0.25, 0.3) is 11.5 Å². The zero-order valence-corrected chi connectivity index (χ0v) is 21.4. The van der Waals surface area contributed by atoms with E-state index >= 15 is 0 Å². The van der Waals surface area contributed by atoms with Crippen molar-refractivity contribution in [1.82, 2.24) is 19.6 Å². The molecule has 1 amide bonds. The lowest BCUT2D eigenvalue weighted by Gasteiger charge is -2.32. The molecule has 5 rings (SSSR count). The van der Waals surface area contributed by atoms with Crippen LogP contribution in [0.1, 0.15) is 22.9 Å². The maximum atomic E-state index is 13.6. The fourth-order valence-corrected chi connectivity index (χ4v) is 6.09. The van der Waals surface area contributed by atoms with Crippen LogP contribution >= 0.6 is 11.6 Å². The summed E-state index contributed by atoms with van der Waals surface area (Å²) in [7, 11) is -4.24. The zero-order valence-electron chi connectivity index (χ0n) is 19.9. The first-order valence-corrected chi connectivity index (χ1v) is 13.4. The van der Waals surface area contributed by atoms with E-state index in [2.05, 4.69) is 5.10 Å². The molecule has 0 aliphatic carbocycles. The molecule has 0 saturated heterocycles. The highest BCUT2D eigenvalue weighted by Crippen LogP contribution is 2.33. The number of nitrogens with zero attached hydrogens (tertiary/aromatic N) is 2. The number of fused-ring (bicyclic) bond motifs is 1. The predicted octanol–water partition coefficient (Wildman–Crippen LogP) is 3.19. The highest BCUT2D eigenvalue weighted by molar-refractivity contribution is 7.89. The van der Waals surface area contributed by atoms with Gasteiger partial charge in [0.1, 0.15) is 18.4 Å². The largest absolute Gasteiger partial charge is 0.489 e. The number of nitrogens with one attached hydrogen (secondary N) is 2. The molecule has 3 aromatic carbocycles. The van der Waals surface area contributed by atoms with Gasteiger partial charge in [-0.3, -0.25) is 19.9 Å². The Morgan fingerprint density at radius 3 is 2.39 bits per heavy atom. The van der Waals surface area contributed by atoms with Crippen LogP contribution in [0.25, 0.3) is 5.69 Å². The quantitative estimate of drug-likeness (QED) is 0.237. The van der Waals surface area contributed by atoms with Crippen LogP contribution in [0.4, 0.5) is 0 Å². The van der Waals surface area contributed by atoms with Gasteiger partial charge in [-0.05, 0) is 54.1 Å². The van der Waals surface area contributed by atoms with Crippen LogP contribution in [0.2, 0.25) is 5.02 Å². The smallest absolute Gasteiger partial charge is 0.276 e. The van der Waals surface area contributed by atoms with Crippen LogP contribution in [-0.4, -0.2) is 40.2 Å². The SMILES string of the molecule is O=C(NO)C1c2c([nH]n(-c3ccc(Cl)cc3)c2=O)CCN1S(=O)(=O)c1ccc(OCc2ccccc2)cc1. The lowest BCUT2D eigenvalue weighted by molar-refractivity contribution is -0.133. The molecule has 0 bridgehead atoms. The predicted molar refractivity (Wildman–Crippen MR) is 139 cm³/mol. The molecular formula is C26H23ClN4O6S. The van der Waals surface area contributed by atoms with Crippen molar-refractivity contribution in [2.45, 2.75) is 24.0 Å². The van der Waals surface area contributed by atoms with E-state index in [-0.39, 0.29) is 23.4 Å². The van der Waals surface area contributed by atoms with Crippen LogP contribution < -0.4 is 15.8 Å². The van der Waals surface area contributed by atoms with Gasteiger partial charge in [0.05, 0.1) is 16.1 Å².